The Kier molecular flexibility index (Phi) is 4.78. The minimum Gasteiger partial charge on any atom is -0.262 e. The quantitative estimate of drug-likeness (QED) is 0.616. The van der Waals surface area contributed by atoms with Crippen molar-refractivity contribution in [3.05, 3.63) is 58.7 Å². The van der Waals surface area contributed by atoms with Crippen molar-refractivity contribution in [3.8, 4) is 0 Å². The molecule has 2 aliphatic rings. The fraction of sp³-hybridized carbons (Fsp3) is 0.350. The third-order valence-corrected chi connectivity index (χ3v) is 5.85. The van der Waals surface area contributed by atoms with E-state index in [1.54, 1.807) is 5.37 Å². The molecular weight excluding hydrogens is 378 g/mol. The van der Waals surface area contributed by atoms with Gasteiger partial charge in [0.15, 0.2) is 0 Å². The summed E-state index contributed by atoms with van der Waals surface area (Å²) in [5, 5.41) is 16.5. The van der Waals surface area contributed by atoms with Crippen LogP contribution in [0.3, 0.4) is 0 Å². The van der Waals surface area contributed by atoms with Crippen molar-refractivity contribution in [1.29, 1.82) is 0 Å². The van der Waals surface area contributed by atoms with Crippen LogP contribution in [0.2, 0.25) is 5.02 Å². The topological polar surface area (TPSA) is 36.1 Å². The monoisotopic (exact) mass is 399 g/mol. The van der Waals surface area contributed by atoms with Crippen molar-refractivity contribution in [1.82, 2.24) is 9.69 Å². The zero-order valence-electron chi connectivity index (χ0n) is 15.6. The number of aromatic nitrogens is 1. The highest BCUT2D eigenvalue weighted by atomic mass is 35.5. The summed E-state index contributed by atoms with van der Waals surface area (Å²) in [5.41, 5.74) is 3.95. The molecule has 0 N–H and O–H groups in total. The highest BCUT2D eigenvalue weighted by Crippen LogP contribution is 2.34. The smallest absolute Gasteiger partial charge is 0.115 e. The summed E-state index contributed by atoms with van der Waals surface area (Å²) in [6.07, 6.45) is 8.39. The minimum absolute atomic E-state index is 0.102. The van der Waals surface area contributed by atoms with Crippen LogP contribution in [0.5, 0.6) is 0 Å². The predicted molar refractivity (Wildman–Crippen MR) is 115 cm³/mol. The first-order valence-electron chi connectivity index (χ1n) is 9.22. The lowest BCUT2D eigenvalue weighted by atomic mass is 10.1. The number of hydrogen-bond donors (Lipinski definition) is 0. The molecule has 3 heterocycles. The van der Waals surface area contributed by atoms with Crippen LogP contribution < -0.4 is 5.01 Å². The lowest BCUT2D eigenvalue weighted by Gasteiger charge is -2.33. The normalized spacial score (nSPS) is 18.9. The molecule has 0 spiro atoms. The van der Waals surface area contributed by atoms with E-state index in [4.69, 9.17) is 23.8 Å². The van der Waals surface area contributed by atoms with Gasteiger partial charge in [-0.05, 0) is 49.6 Å². The van der Waals surface area contributed by atoms with Gasteiger partial charge in [0.2, 0.25) is 0 Å². The van der Waals surface area contributed by atoms with E-state index in [9.17, 15) is 0 Å². The molecule has 2 aromatic rings. The number of nitrogens with zero attached hydrogens (tertiary/aromatic N) is 5. The number of allylic oxidation sites excluding steroid dienone is 1. The van der Waals surface area contributed by atoms with Crippen LogP contribution in [0, 0.1) is 0 Å². The van der Waals surface area contributed by atoms with Crippen LogP contribution in [0.1, 0.15) is 39.2 Å². The van der Waals surface area contributed by atoms with Crippen molar-refractivity contribution in [2.45, 2.75) is 45.7 Å². The molecule has 27 heavy (non-hydrogen) atoms. The molecule has 0 bridgehead atoms. The van der Waals surface area contributed by atoms with Gasteiger partial charge in [-0.1, -0.05) is 42.9 Å². The number of halogens is 1. The van der Waals surface area contributed by atoms with E-state index in [-0.39, 0.29) is 6.04 Å². The molecular formula is C20H22ClN5S. The Balaban J connectivity index is 1.74. The Morgan fingerprint density at radius 2 is 2.07 bits per heavy atom. The maximum absolute atomic E-state index is 6.56. The summed E-state index contributed by atoms with van der Waals surface area (Å²) in [6.45, 7) is 6.49. The minimum atomic E-state index is 0.102. The van der Waals surface area contributed by atoms with Gasteiger partial charge in [-0.3, -0.25) is 14.7 Å². The third-order valence-electron chi connectivity index (χ3n) is 5.29. The fourth-order valence-electron chi connectivity index (χ4n) is 3.83. The van der Waals surface area contributed by atoms with Crippen molar-refractivity contribution < 1.29 is 0 Å². The van der Waals surface area contributed by atoms with E-state index in [1.807, 2.05) is 24.4 Å². The molecule has 2 aliphatic heterocycles. The summed E-state index contributed by atoms with van der Waals surface area (Å²) in [5.74, 6) is 0. The van der Waals surface area contributed by atoms with E-state index in [0.717, 1.165) is 40.7 Å². The largest absolute Gasteiger partial charge is 0.262 e. The average Bonchev–Trinajstić information content (AvgIpc) is 3.26. The van der Waals surface area contributed by atoms with Gasteiger partial charge in [-0.25, -0.2) is 0 Å². The fourth-order valence-corrected chi connectivity index (χ4v) is 4.29. The zero-order chi connectivity index (χ0) is 19.1. The number of thiocarbonyl (C=S) groups is 1. The molecule has 0 radical (unpaired) electrons. The zero-order valence-corrected chi connectivity index (χ0v) is 17.2. The van der Waals surface area contributed by atoms with E-state index >= 15 is 0 Å². The van der Waals surface area contributed by atoms with Gasteiger partial charge in [0.1, 0.15) is 11.7 Å². The Labute approximate surface area is 169 Å². The number of fused-ring (bicyclic) bond motifs is 2. The maximum atomic E-state index is 6.56. The van der Waals surface area contributed by atoms with Crippen LogP contribution in [-0.2, 0) is 0 Å². The maximum Gasteiger partial charge on any atom is 0.115 e. The number of hydrogen-bond acceptors (Lipinski definition) is 5. The van der Waals surface area contributed by atoms with E-state index in [0.29, 0.717) is 11.1 Å². The molecule has 1 aromatic carbocycles. The molecule has 0 fully saturated rings. The molecule has 0 saturated carbocycles. The van der Waals surface area contributed by atoms with Gasteiger partial charge in [0.05, 0.1) is 16.7 Å². The lowest BCUT2D eigenvalue weighted by molar-refractivity contribution is 0.184. The lowest BCUT2D eigenvalue weighted by Crippen LogP contribution is -2.40. The molecule has 1 aromatic heterocycles. The van der Waals surface area contributed by atoms with Gasteiger partial charge in [-0.2, -0.15) is 0 Å². The highest BCUT2D eigenvalue weighted by molar-refractivity contribution is 7.79. The van der Waals surface area contributed by atoms with E-state index in [2.05, 4.69) is 58.1 Å². The summed E-state index contributed by atoms with van der Waals surface area (Å²) < 4.78 is 2.05. The van der Waals surface area contributed by atoms with Crippen LogP contribution in [0.4, 0.5) is 0 Å². The summed E-state index contributed by atoms with van der Waals surface area (Å²) in [7, 11) is 0. The molecule has 5 nitrogen and oxygen atoms in total. The van der Waals surface area contributed by atoms with Crippen molar-refractivity contribution in [3.63, 3.8) is 0 Å². The summed E-state index contributed by atoms with van der Waals surface area (Å²) in [6, 6.07) is 6.50. The van der Waals surface area contributed by atoms with Crippen LogP contribution in [0.15, 0.2) is 58.4 Å². The van der Waals surface area contributed by atoms with Gasteiger partial charge in [-0.15, -0.1) is 5.11 Å². The Morgan fingerprint density at radius 3 is 2.78 bits per heavy atom. The molecule has 7 heteroatoms. The second-order valence-electron chi connectivity index (χ2n) is 6.91. The van der Waals surface area contributed by atoms with Gasteiger partial charge in [0.25, 0.3) is 0 Å². The standard InChI is InChI=1S/C20H22ClN5S/c1-4-16(5-2)26-19-8-13(3)25(11-18(19)22-23-26)24-7-6-15-9-14(12-27)10-17(21)20(15)24/h6-12,16,19H,4-5H2,1-3H3. The highest BCUT2D eigenvalue weighted by Gasteiger charge is 2.34. The molecule has 0 aliphatic carbocycles. The SMILES string of the molecule is CCC(CC)N1N=NC2=CN(n3ccc4cc(C=S)cc(Cl)c43)C(C)=CC21. The van der Waals surface area contributed by atoms with Crippen molar-refractivity contribution in [2.75, 3.05) is 5.01 Å². The van der Waals surface area contributed by atoms with Gasteiger partial charge in [0, 0.05) is 28.7 Å². The van der Waals surface area contributed by atoms with E-state index in [1.165, 1.54) is 0 Å². The summed E-state index contributed by atoms with van der Waals surface area (Å²) in [4.78, 5) is 0. The molecule has 1 unspecified atom stereocenters. The molecule has 4 rings (SSSR count). The number of benzene rings is 1. The van der Waals surface area contributed by atoms with Crippen molar-refractivity contribution in [2.24, 2.45) is 10.3 Å². The summed E-state index contributed by atoms with van der Waals surface area (Å²) >= 11 is 11.6. The van der Waals surface area contributed by atoms with Gasteiger partial charge < -0.3 is 0 Å². The van der Waals surface area contributed by atoms with Gasteiger partial charge >= 0.3 is 0 Å². The molecule has 140 valence electrons. The Morgan fingerprint density at radius 1 is 1.30 bits per heavy atom. The number of rotatable bonds is 5. The molecule has 0 amide bonds. The first kappa shape index (κ1) is 18.2. The first-order chi connectivity index (χ1) is 13.1. The second kappa shape index (κ2) is 7.09. The van der Waals surface area contributed by atoms with Crippen molar-refractivity contribution >= 4 is 40.1 Å². The van der Waals surface area contributed by atoms with Crippen LogP contribution >= 0.6 is 23.8 Å². The average molecular weight is 400 g/mol. The molecule has 0 saturated heterocycles. The molecule has 1 atom stereocenters. The second-order valence-corrected chi connectivity index (χ2v) is 7.55. The predicted octanol–water partition coefficient (Wildman–Crippen LogP) is 5.58. The van der Waals surface area contributed by atoms with E-state index < -0.39 is 0 Å². The van der Waals surface area contributed by atoms with Crippen LogP contribution in [0.25, 0.3) is 10.9 Å². The Hall–Kier alpha value is -2.18. The first-order valence-corrected chi connectivity index (χ1v) is 10.1. The third kappa shape index (κ3) is 2.97. The Bertz CT molecular complexity index is 986. The van der Waals surface area contributed by atoms with Crippen LogP contribution in [-0.4, -0.2) is 27.1 Å².